The minimum absolute atomic E-state index is 0.170. The predicted molar refractivity (Wildman–Crippen MR) is 106 cm³/mol. The number of halogens is 1. The van der Waals surface area contributed by atoms with Gasteiger partial charge in [0.1, 0.15) is 11.6 Å². The molecule has 146 valence electrons. The minimum Gasteiger partial charge on any atom is -0.497 e. The third-order valence-electron chi connectivity index (χ3n) is 4.06. The van der Waals surface area contributed by atoms with Crippen LogP contribution in [0.15, 0.2) is 53.7 Å². The fourth-order valence-electron chi connectivity index (χ4n) is 2.47. The zero-order valence-corrected chi connectivity index (χ0v) is 16.2. The van der Waals surface area contributed by atoms with Gasteiger partial charge in [-0.05, 0) is 36.8 Å². The predicted octanol–water partition coefficient (Wildman–Crippen LogP) is 2.60. The molecule has 1 heterocycles. The summed E-state index contributed by atoms with van der Waals surface area (Å²) in [7, 11) is 1.60. The van der Waals surface area contributed by atoms with Crippen molar-refractivity contribution in [3.05, 3.63) is 59.9 Å². The standard InChI is InChI=1S/C19H20FN5O2S/c1-12(18(26)22-11-13-7-9-14(27-2)10-8-13)28-19-24-23-17(25(19)21)15-5-3-4-6-16(15)20/h3-10,12H,11,21H2,1-2H3,(H,22,26)/t12-/m1/s1. The van der Waals surface area contributed by atoms with Crippen LogP contribution in [-0.2, 0) is 11.3 Å². The lowest BCUT2D eigenvalue weighted by molar-refractivity contribution is -0.120. The Kier molecular flexibility index (Phi) is 6.15. The van der Waals surface area contributed by atoms with Gasteiger partial charge in [-0.25, -0.2) is 9.07 Å². The molecule has 7 nitrogen and oxygen atoms in total. The van der Waals surface area contributed by atoms with Crippen LogP contribution in [-0.4, -0.2) is 33.1 Å². The first kappa shape index (κ1) is 19.7. The highest BCUT2D eigenvalue weighted by atomic mass is 32.2. The maximum Gasteiger partial charge on any atom is 0.233 e. The largest absolute Gasteiger partial charge is 0.497 e. The summed E-state index contributed by atoms with van der Waals surface area (Å²) in [4.78, 5) is 12.4. The van der Waals surface area contributed by atoms with Gasteiger partial charge in [0.05, 0.1) is 17.9 Å². The van der Waals surface area contributed by atoms with Crippen molar-refractivity contribution in [1.82, 2.24) is 20.2 Å². The van der Waals surface area contributed by atoms with Crippen LogP contribution in [0.2, 0.25) is 0 Å². The molecule has 0 saturated heterocycles. The van der Waals surface area contributed by atoms with Crippen LogP contribution in [0.4, 0.5) is 4.39 Å². The Morgan fingerprint density at radius 1 is 1.25 bits per heavy atom. The van der Waals surface area contributed by atoms with Gasteiger partial charge in [-0.3, -0.25) is 4.79 Å². The highest BCUT2D eigenvalue weighted by Crippen LogP contribution is 2.26. The van der Waals surface area contributed by atoms with Crippen molar-refractivity contribution in [3.8, 4) is 17.1 Å². The van der Waals surface area contributed by atoms with E-state index in [2.05, 4.69) is 15.5 Å². The fraction of sp³-hybridized carbons (Fsp3) is 0.211. The molecule has 0 unspecified atom stereocenters. The number of aromatic nitrogens is 3. The maximum atomic E-state index is 13.9. The number of hydrogen-bond donors (Lipinski definition) is 2. The quantitative estimate of drug-likeness (QED) is 0.467. The smallest absolute Gasteiger partial charge is 0.233 e. The maximum absolute atomic E-state index is 13.9. The van der Waals surface area contributed by atoms with E-state index >= 15 is 0 Å². The van der Waals surface area contributed by atoms with Crippen molar-refractivity contribution in [2.24, 2.45) is 0 Å². The lowest BCUT2D eigenvalue weighted by Crippen LogP contribution is -2.30. The third-order valence-corrected chi connectivity index (χ3v) is 5.11. The lowest BCUT2D eigenvalue weighted by Gasteiger charge is -2.12. The van der Waals surface area contributed by atoms with Crippen LogP contribution < -0.4 is 15.9 Å². The average Bonchev–Trinajstić information content (AvgIpc) is 3.07. The first-order valence-corrected chi connectivity index (χ1v) is 9.40. The highest BCUT2D eigenvalue weighted by Gasteiger charge is 2.20. The van der Waals surface area contributed by atoms with E-state index < -0.39 is 11.1 Å². The number of ether oxygens (including phenoxy) is 1. The molecule has 0 aliphatic rings. The zero-order chi connectivity index (χ0) is 20.1. The van der Waals surface area contributed by atoms with E-state index in [1.807, 2.05) is 24.3 Å². The number of nitrogen functional groups attached to an aromatic ring is 1. The monoisotopic (exact) mass is 401 g/mol. The van der Waals surface area contributed by atoms with Crippen LogP contribution in [0.1, 0.15) is 12.5 Å². The van der Waals surface area contributed by atoms with Crippen molar-refractivity contribution in [2.75, 3.05) is 13.0 Å². The molecule has 28 heavy (non-hydrogen) atoms. The van der Waals surface area contributed by atoms with Crippen LogP contribution in [0.25, 0.3) is 11.4 Å². The number of thioether (sulfide) groups is 1. The van der Waals surface area contributed by atoms with Crippen LogP contribution in [0.5, 0.6) is 5.75 Å². The average molecular weight is 401 g/mol. The molecule has 0 bridgehead atoms. The molecule has 3 rings (SSSR count). The molecule has 9 heteroatoms. The molecule has 0 aliphatic carbocycles. The van der Waals surface area contributed by atoms with Gasteiger partial charge in [-0.2, -0.15) is 0 Å². The van der Waals surface area contributed by atoms with E-state index in [4.69, 9.17) is 10.6 Å². The second kappa shape index (κ2) is 8.75. The number of hydrogen-bond acceptors (Lipinski definition) is 6. The molecule has 2 aromatic carbocycles. The number of benzene rings is 2. The van der Waals surface area contributed by atoms with Gasteiger partial charge in [-0.1, -0.05) is 36.0 Å². The summed E-state index contributed by atoms with van der Waals surface area (Å²) >= 11 is 1.15. The Labute approximate surface area is 166 Å². The number of nitrogens with zero attached hydrogens (tertiary/aromatic N) is 3. The van der Waals surface area contributed by atoms with Gasteiger partial charge in [0.25, 0.3) is 0 Å². The Morgan fingerprint density at radius 2 is 1.96 bits per heavy atom. The summed E-state index contributed by atoms with van der Waals surface area (Å²) in [5, 5.41) is 10.7. The van der Waals surface area contributed by atoms with E-state index in [-0.39, 0.29) is 17.3 Å². The van der Waals surface area contributed by atoms with Gasteiger partial charge in [0.15, 0.2) is 5.82 Å². The summed E-state index contributed by atoms with van der Waals surface area (Å²) < 4.78 is 20.3. The summed E-state index contributed by atoms with van der Waals surface area (Å²) in [6.07, 6.45) is 0. The molecular weight excluding hydrogens is 381 g/mol. The molecule has 0 aliphatic heterocycles. The van der Waals surface area contributed by atoms with Gasteiger partial charge < -0.3 is 15.9 Å². The summed E-state index contributed by atoms with van der Waals surface area (Å²) in [5.41, 5.74) is 1.20. The number of carbonyl (C=O) groups is 1. The van der Waals surface area contributed by atoms with Crippen LogP contribution in [0.3, 0.4) is 0 Å². The molecule has 1 amide bonds. The first-order chi connectivity index (χ1) is 13.5. The van der Waals surface area contributed by atoms with E-state index in [1.54, 1.807) is 32.2 Å². The fourth-order valence-corrected chi connectivity index (χ4v) is 3.27. The first-order valence-electron chi connectivity index (χ1n) is 8.52. The van der Waals surface area contributed by atoms with E-state index in [9.17, 15) is 9.18 Å². The molecule has 3 aromatic rings. The SMILES string of the molecule is COc1ccc(CNC(=O)[C@@H](C)Sc2nnc(-c3ccccc3F)n2N)cc1. The lowest BCUT2D eigenvalue weighted by atomic mass is 10.2. The third kappa shape index (κ3) is 4.42. The van der Waals surface area contributed by atoms with Crippen LogP contribution >= 0.6 is 11.8 Å². The topological polar surface area (TPSA) is 95.1 Å². The second-order valence-electron chi connectivity index (χ2n) is 5.98. The number of carbonyl (C=O) groups excluding carboxylic acids is 1. The van der Waals surface area contributed by atoms with Gasteiger partial charge in [-0.15, -0.1) is 10.2 Å². The molecule has 0 spiro atoms. The normalized spacial score (nSPS) is 11.8. The highest BCUT2D eigenvalue weighted by molar-refractivity contribution is 8.00. The molecule has 0 radical (unpaired) electrons. The number of methoxy groups -OCH3 is 1. The Hall–Kier alpha value is -3.07. The second-order valence-corrected chi connectivity index (χ2v) is 7.29. The Morgan fingerprint density at radius 3 is 2.64 bits per heavy atom. The van der Waals surface area contributed by atoms with Crippen molar-refractivity contribution < 1.29 is 13.9 Å². The molecule has 3 N–H and O–H groups in total. The Balaban J connectivity index is 1.62. The number of rotatable bonds is 7. The zero-order valence-electron chi connectivity index (χ0n) is 15.4. The van der Waals surface area contributed by atoms with E-state index in [0.29, 0.717) is 11.7 Å². The molecule has 0 fully saturated rings. The summed E-state index contributed by atoms with van der Waals surface area (Å²) in [5.74, 6) is 6.35. The Bertz CT molecular complexity index is 961. The van der Waals surface area contributed by atoms with Crippen LogP contribution in [0, 0.1) is 5.82 Å². The molecular formula is C19H20FN5O2S. The number of nitrogens with two attached hydrogens (primary N) is 1. The van der Waals surface area contributed by atoms with Crippen molar-refractivity contribution >= 4 is 17.7 Å². The van der Waals surface area contributed by atoms with Gasteiger partial charge in [0, 0.05) is 6.54 Å². The minimum atomic E-state index is -0.460. The number of nitrogens with one attached hydrogen (secondary N) is 1. The van der Waals surface area contributed by atoms with Crippen molar-refractivity contribution in [2.45, 2.75) is 23.9 Å². The molecule has 1 aromatic heterocycles. The van der Waals surface area contributed by atoms with Crippen molar-refractivity contribution in [3.63, 3.8) is 0 Å². The van der Waals surface area contributed by atoms with E-state index in [1.165, 1.54) is 10.7 Å². The number of amides is 1. The van der Waals surface area contributed by atoms with E-state index in [0.717, 1.165) is 23.1 Å². The summed E-state index contributed by atoms with van der Waals surface area (Å²) in [6.45, 7) is 2.13. The molecule has 0 saturated carbocycles. The van der Waals surface area contributed by atoms with Gasteiger partial charge >= 0.3 is 0 Å². The molecule has 1 atom stereocenters. The summed E-state index contributed by atoms with van der Waals surface area (Å²) in [6, 6.07) is 13.6. The van der Waals surface area contributed by atoms with Crippen molar-refractivity contribution in [1.29, 1.82) is 0 Å². The van der Waals surface area contributed by atoms with Gasteiger partial charge in [0.2, 0.25) is 11.1 Å².